The summed E-state index contributed by atoms with van der Waals surface area (Å²) in [4.78, 5) is 27.2. The normalized spacial score (nSPS) is 14.2. The van der Waals surface area contributed by atoms with Gasteiger partial charge in [0.05, 0.1) is 13.2 Å². The third kappa shape index (κ3) is 5.03. The van der Waals surface area contributed by atoms with Crippen molar-refractivity contribution in [2.45, 2.75) is 19.9 Å². The fraction of sp³-hybridized carbons (Fsp3) is 0.300. The van der Waals surface area contributed by atoms with Gasteiger partial charge in [0.2, 0.25) is 5.91 Å². The molecular weight excluding hydrogens is 348 g/mol. The lowest BCUT2D eigenvalue weighted by Crippen LogP contribution is -2.36. The van der Waals surface area contributed by atoms with Crippen LogP contribution in [0.1, 0.15) is 22.9 Å². The van der Waals surface area contributed by atoms with Crippen LogP contribution in [0.4, 0.5) is 5.69 Å². The Labute approximate surface area is 157 Å². The highest BCUT2D eigenvalue weighted by molar-refractivity contribution is 7.10. The number of thiophene rings is 1. The molecule has 3 rings (SSSR count). The van der Waals surface area contributed by atoms with Gasteiger partial charge in [0.25, 0.3) is 0 Å². The fourth-order valence-corrected chi connectivity index (χ4v) is 3.77. The Morgan fingerprint density at radius 1 is 1.27 bits per heavy atom. The number of ether oxygens (including phenoxy) is 1. The van der Waals surface area contributed by atoms with E-state index in [1.165, 1.54) is 16.5 Å². The van der Waals surface area contributed by atoms with Crippen LogP contribution in [0.5, 0.6) is 0 Å². The molecule has 26 heavy (non-hydrogen) atoms. The van der Waals surface area contributed by atoms with E-state index in [0.29, 0.717) is 13.2 Å². The molecule has 0 saturated heterocycles. The van der Waals surface area contributed by atoms with Crippen molar-refractivity contribution in [3.8, 4) is 0 Å². The van der Waals surface area contributed by atoms with Gasteiger partial charge >= 0.3 is 5.97 Å². The average Bonchev–Trinajstić information content (AvgIpc) is 3.09. The standard InChI is InChI=1S/C20H22N2O3S/c1-2-25-20(24)8-5-15-3-6-17(7-4-15)21-19(23)14-22-11-9-18-16(13-22)10-12-26-18/h3-8,10,12H,2,9,11,13-14H2,1H3,(H,21,23). The lowest BCUT2D eigenvalue weighted by Gasteiger charge is -2.26. The molecule has 1 aromatic heterocycles. The highest BCUT2D eigenvalue weighted by Gasteiger charge is 2.19. The summed E-state index contributed by atoms with van der Waals surface area (Å²) in [6, 6.07) is 9.51. The van der Waals surface area contributed by atoms with Crippen LogP contribution in [0, 0.1) is 0 Å². The first-order chi connectivity index (χ1) is 12.6. The molecule has 0 unspecified atom stereocenters. The third-order valence-electron chi connectivity index (χ3n) is 4.15. The smallest absolute Gasteiger partial charge is 0.330 e. The van der Waals surface area contributed by atoms with Crippen molar-refractivity contribution in [1.82, 2.24) is 4.90 Å². The molecule has 136 valence electrons. The summed E-state index contributed by atoms with van der Waals surface area (Å²) in [5.41, 5.74) is 2.96. The largest absolute Gasteiger partial charge is 0.463 e. The quantitative estimate of drug-likeness (QED) is 0.626. The van der Waals surface area contributed by atoms with Crippen LogP contribution in [-0.4, -0.2) is 36.5 Å². The monoisotopic (exact) mass is 370 g/mol. The molecule has 0 fully saturated rings. The molecule has 2 heterocycles. The van der Waals surface area contributed by atoms with E-state index in [1.54, 1.807) is 24.3 Å². The maximum atomic E-state index is 12.3. The first kappa shape index (κ1) is 18.4. The van der Waals surface area contributed by atoms with Gasteiger partial charge in [-0.15, -0.1) is 11.3 Å². The molecule has 1 aliphatic heterocycles. The Morgan fingerprint density at radius 2 is 2.08 bits per heavy atom. The first-order valence-corrected chi connectivity index (χ1v) is 9.54. The van der Waals surface area contributed by atoms with E-state index in [1.807, 2.05) is 24.3 Å². The molecule has 6 heteroatoms. The topological polar surface area (TPSA) is 58.6 Å². The van der Waals surface area contributed by atoms with Crippen molar-refractivity contribution < 1.29 is 14.3 Å². The van der Waals surface area contributed by atoms with Crippen LogP contribution in [0.2, 0.25) is 0 Å². The number of amides is 1. The minimum Gasteiger partial charge on any atom is -0.463 e. The second-order valence-electron chi connectivity index (χ2n) is 6.09. The fourth-order valence-electron chi connectivity index (χ4n) is 2.88. The van der Waals surface area contributed by atoms with Crippen LogP contribution in [0.25, 0.3) is 6.08 Å². The number of anilines is 1. The molecule has 0 saturated carbocycles. The van der Waals surface area contributed by atoms with Crippen molar-refractivity contribution in [3.05, 3.63) is 57.8 Å². The van der Waals surface area contributed by atoms with Gasteiger partial charge in [-0.25, -0.2) is 4.79 Å². The first-order valence-electron chi connectivity index (χ1n) is 8.66. The minimum absolute atomic E-state index is 0.0153. The van der Waals surface area contributed by atoms with Gasteiger partial charge in [0, 0.05) is 29.7 Å². The van der Waals surface area contributed by atoms with E-state index >= 15 is 0 Å². The van der Waals surface area contributed by atoms with Gasteiger partial charge in [-0.3, -0.25) is 9.69 Å². The molecular formula is C20H22N2O3S. The van der Waals surface area contributed by atoms with Crippen LogP contribution in [0.3, 0.4) is 0 Å². The molecule has 2 aromatic rings. The second kappa shape index (κ2) is 8.78. The zero-order chi connectivity index (χ0) is 18.4. The number of fused-ring (bicyclic) bond motifs is 1. The summed E-state index contributed by atoms with van der Waals surface area (Å²) < 4.78 is 4.84. The van der Waals surface area contributed by atoms with E-state index in [4.69, 9.17) is 4.74 Å². The number of benzene rings is 1. The highest BCUT2D eigenvalue weighted by Crippen LogP contribution is 2.23. The van der Waals surface area contributed by atoms with E-state index in [9.17, 15) is 9.59 Å². The summed E-state index contributed by atoms with van der Waals surface area (Å²) in [6.07, 6.45) is 4.10. The Hall–Kier alpha value is -2.44. The number of carbonyl (C=O) groups excluding carboxylic acids is 2. The van der Waals surface area contributed by atoms with Gasteiger partial charge in [-0.2, -0.15) is 0 Å². The average molecular weight is 370 g/mol. The van der Waals surface area contributed by atoms with Crippen molar-refractivity contribution >= 4 is 35.0 Å². The van der Waals surface area contributed by atoms with E-state index in [-0.39, 0.29) is 11.9 Å². The number of esters is 1. The molecule has 1 N–H and O–H groups in total. The van der Waals surface area contributed by atoms with Crippen molar-refractivity contribution in [2.75, 3.05) is 25.0 Å². The molecule has 1 amide bonds. The third-order valence-corrected chi connectivity index (χ3v) is 5.17. The molecule has 0 bridgehead atoms. The molecule has 0 spiro atoms. The second-order valence-corrected chi connectivity index (χ2v) is 7.09. The molecule has 1 aliphatic rings. The zero-order valence-corrected chi connectivity index (χ0v) is 15.6. The van der Waals surface area contributed by atoms with E-state index < -0.39 is 0 Å². The van der Waals surface area contributed by atoms with Crippen LogP contribution < -0.4 is 5.32 Å². The zero-order valence-electron chi connectivity index (χ0n) is 14.7. The molecule has 1 aromatic carbocycles. The molecule has 0 atom stereocenters. The Bertz CT molecular complexity index is 796. The number of rotatable bonds is 6. The number of nitrogens with one attached hydrogen (secondary N) is 1. The summed E-state index contributed by atoms with van der Waals surface area (Å²) >= 11 is 1.80. The van der Waals surface area contributed by atoms with Crippen molar-refractivity contribution in [1.29, 1.82) is 0 Å². The maximum absolute atomic E-state index is 12.3. The minimum atomic E-state index is -0.361. The van der Waals surface area contributed by atoms with Crippen LogP contribution >= 0.6 is 11.3 Å². The molecule has 0 radical (unpaired) electrons. The summed E-state index contributed by atoms with van der Waals surface area (Å²) in [5, 5.41) is 5.04. The van der Waals surface area contributed by atoms with Gasteiger partial charge in [0.15, 0.2) is 0 Å². The van der Waals surface area contributed by atoms with Crippen molar-refractivity contribution in [2.24, 2.45) is 0 Å². The maximum Gasteiger partial charge on any atom is 0.330 e. The van der Waals surface area contributed by atoms with Gasteiger partial charge in [0.1, 0.15) is 0 Å². The van der Waals surface area contributed by atoms with E-state index in [2.05, 4.69) is 21.7 Å². The Morgan fingerprint density at radius 3 is 2.85 bits per heavy atom. The highest BCUT2D eigenvalue weighted by atomic mass is 32.1. The molecule has 0 aliphatic carbocycles. The Balaban J connectivity index is 1.49. The van der Waals surface area contributed by atoms with E-state index in [0.717, 1.165) is 30.8 Å². The van der Waals surface area contributed by atoms with Crippen LogP contribution in [-0.2, 0) is 27.3 Å². The van der Waals surface area contributed by atoms with Crippen LogP contribution in [0.15, 0.2) is 41.8 Å². The summed E-state index contributed by atoms with van der Waals surface area (Å²) in [6.45, 7) is 4.27. The SMILES string of the molecule is CCOC(=O)C=Cc1ccc(NC(=O)CN2CCc3sccc3C2)cc1. The van der Waals surface area contributed by atoms with Gasteiger partial charge in [-0.1, -0.05) is 12.1 Å². The number of hydrogen-bond donors (Lipinski definition) is 1. The number of carbonyl (C=O) groups is 2. The lowest BCUT2D eigenvalue weighted by molar-refractivity contribution is -0.137. The number of nitrogens with zero attached hydrogens (tertiary/aromatic N) is 1. The van der Waals surface area contributed by atoms with Gasteiger partial charge in [-0.05, 0) is 54.1 Å². The summed E-state index contributed by atoms with van der Waals surface area (Å²) in [5.74, 6) is -0.376. The Kier molecular flexibility index (Phi) is 6.20. The summed E-state index contributed by atoms with van der Waals surface area (Å²) in [7, 11) is 0. The predicted octanol–water partition coefficient (Wildman–Crippen LogP) is 3.32. The molecule has 5 nitrogen and oxygen atoms in total. The van der Waals surface area contributed by atoms with Gasteiger partial charge < -0.3 is 10.1 Å². The predicted molar refractivity (Wildman–Crippen MR) is 104 cm³/mol. The number of hydrogen-bond acceptors (Lipinski definition) is 5. The lowest BCUT2D eigenvalue weighted by atomic mass is 10.1. The van der Waals surface area contributed by atoms with Crippen molar-refractivity contribution in [3.63, 3.8) is 0 Å².